The van der Waals surface area contributed by atoms with E-state index in [-0.39, 0.29) is 18.1 Å². The quantitative estimate of drug-likeness (QED) is 0.778. The lowest BCUT2D eigenvalue weighted by atomic mass is 9.98. The normalized spacial score (nSPS) is 25.7. The minimum Gasteiger partial charge on any atom is -0.388 e. The van der Waals surface area contributed by atoms with E-state index in [4.69, 9.17) is 14.0 Å². The van der Waals surface area contributed by atoms with Crippen molar-refractivity contribution < 1.29 is 23.9 Å². The van der Waals surface area contributed by atoms with Crippen LogP contribution in [-0.4, -0.2) is 78.8 Å². The molecule has 156 valence electrons. The Morgan fingerprint density at radius 1 is 1.24 bits per heavy atom. The predicted octanol–water partition coefficient (Wildman–Crippen LogP) is 1.23. The van der Waals surface area contributed by atoms with Crippen molar-refractivity contribution in [1.82, 2.24) is 15.4 Å². The number of carbonyl (C=O) groups is 1. The number of benzene rings is 1. The van der Waals surface area contributed by atoms with Crippen molar-refractivity contribution in [3.8, 4) is 11.3 Å². The van der Waals surface area contributed by atoms with Crippen LogP contribution in [-0.2, 0) is 9.47 Å². The van der Waals surface area contributed by atoms with E-state index >= 15 is 0 Å². The van der Waals surface area contributed by atoms with E-state index in [1.165, 1.54) is 0 Å². The fourth-order valence-electron chi connectivity index (χ4n) is 3.90. The molecule has 0 unspecified atom stereocenters. The second-order valence-electron chi connectivity index (χ2n) is 7.51. The fraction of sp³-hybridized carbons (Fsp3) is 0.524. The van der Waals surface area contributed by atoms with Crippen molar-refractivity contribution in [2.75, 3.05) is 39.5 Å². The van der Waals surface area contributed by atoms with Gasteiger partial charge in [-0.25, -0.2) is 0 Å². The molecular formula is C21H27N3O5. The molecule has 0 bridgehead atoms. The van der Waals surface area contributed by atoms with Gasteiger partial charge in [0.25, 0.3) is 5.91 Å². The summed E-state index contributed by atoms with van der Waals surface area (Å²) < 4.78 is 16.5. The number of nitrogens with one attached hydrogen (secondary N) is 1. The highest BCUT2D eigenvalue weighted by molar-refractivity contribution is 6.00. The number of amides is 1. The number of hydrogen-bond donors (Lipinski definition) is 2. The maximum Gasteiger partial charge on any atom is 0.257 e. The minimum atomic E-state index is -0.782. The summed E-state index contributed by atoms with van der Waals surface area (Å²) in [5.41, 5.74) is 1.72. The number of morpholine rings is 1. The average Bonchev–Trinajstić information content (AvgIpc) is 3.14. The summed E-state index contributed by atoms with van der Waals surface area (Å²) >= 11 is 0. The number of rotatable bonds is 5. The van der Waals surface area contributed by atoms with Gasteiger partial charge in [-0.3, -0.25) is 9.69 Å². The van der Waals surface area contributed by atoms with Gasteiger partial charge in [-0.15, -0.1) is 0 Å². The first kappa shape index (κ1) is 20.0. The van der Waals surface area contributed by atoms with Gasteiger partial charge in [-0.2, -0.15) is 0 Å². The Bertz CT molecular complexity index is 819. The maximum atomic E-state index is 13.0. The van der Waals surface area contributed by atoms with Crippen molar-refractivity contribution >= 4 is 5.91 Å². The highest BCUT2D eigenvalue weighted by Gasteiger charge is 2.36. The molecule has 4 rings (SSSR count). The zero-order valence-electron chi connectivity index (χ0n) is 16.5. The molecule has 1 aromatic heterocycles. The molecule has 2 N–H and O–H groups in total. The van der Waals surface area contributed by atoms with Crippen LogP contribution >= 0.6 is 0 Å². The number of aliphatic hydroxyl groups excluding tert-OH is 1. The first-order valence-corrected chi connectivity index (χ1v) is 10.1. The van der Waals surface area contributed by atoms with Crippen LogP contribution in [0, 0.1) is 6.92 Å². The molecule has 0 radical (unpaired) electrons. The zero-order valence-corrected chi connectivity index (χ0v) is 16.5. The number of aromatic nitrogens is 1. The number of hydrogen-bond acceptors (Lipinski definition) is 7. The lowest BCUT2D eigenvalue weighted by Crippen LogP contribution is -2.57. The van der Waals surface area contributed by atoms with E-state index in [1.807, 2.05) is 30.3 Å². The molecule has 3 heterocycles. The van der Waals surface area contributed by atoms with Gasteiger partial charge in [0.2, 0.25) is 0 Å². The summed E-state index contributed by atoms with van der Waals surface area (Å²) in [5, 5.41) is 17.9. The standard InChI is InChI=1S/C21H27N3O5/c1-14-18(19(23-29-14)15-5-3-2-4-6-15)21(26)22-16-7-10-28-17(20(16)25)13-24-8-11-27-12-9-24/h2-6,16-17,20,25H,7-13H2,1H3,(H,22,26)/t16-,17+,20-/m0/s1. The molecule has 29 heavy (non-hydrogen) atoms. The molecule has 2 aromatic rings. The van der Waals surface area contributed by atoms with Gasteiger partial charge in [0.1, 0.15) is 23.1 Å². The maximum absolute atomic E-state index is 13.0. The molecule has 1 aromatic carbocycles. The Kier molecular flexibility index (Phi) is 6.25. The van der Waals surface area contributed by atoms with Crippen molar-refractivity contribution in [3.05, 3.63) is 41.7 Å². The van der Waals surface area contributed by atoms with Gasteiger partial charge in [0.15, 0.2) is 0 Å². The Morgan fingerprint density at radius 2 is 2.00 bits per heavy atom. The Balaban J connectivity index is 1.45. The van der Waals surface area contributed by atoms with E-state index in [0.717, 1.165) is 18.7 Å². The summed E-state index contributed by atoms with van der Waals surface area (Å²) in [5.74, 6) is 0.159. The average molecular weight is 401 g/mol. The van der Waals surface area contributed by atoms with E-state index < -0.39 is 6.10 Å². The Morgan fingerprint density at radius 3 is 2.76 bits per heavy atom. The largest absolute Gasteiger partial charge is 0.388 e. The molecule has 2 saturated heterocycles. The number of ether oxygens (including phenoxy) is 2. The van der Waals surface area contributed by atoms with Crippen molar-refractivity contribution in [1.29, 1.82) is 0 Å². The molecule has 2 aliphatic rings. The first-order chi connectivity index (χ1) is 14.1. The minimum absolute atomic E-state index is 0.293. The van der Waals surface area contributed by atoms with E-state index in [1.54, 1.807) is 6.92 Å². The van der Waals surface area contributed by atoms with Crippen LogP contribution in [0.2, 0.25) is 0 Å². The molecule has 3 atom stereocenters. The van der Waals surface area contributed by atoms with Crippen LogP contribution in [0.25, 0.3) is 11.3 Å². The first-order valence-electron chi connectivity index (χ1n) is 10.1. The smallest absolute Gasteiger partial charge is 0.257 e. The lowest BCUT2D eigenvalue weighted by Gasteiger charge is -2.38. The van der Waals surface area contributed by atoms with E-state index in [9.17, 15) is 9.90 Å². The zero-order chi connectivity index (χ0) is 20.2. The second-order valence-corrected chi connectivity index (χ2v) is 7.51. The number of aliphatic hydroxyl groups is 1. The van der Waals surface area contributed by atoms with Crippen molar-refractivity contribution in [2.45, 2.75) is 31.6 Å². The number of aryl methyl sites for hydroxylation is 1. The lowest BCUT2D eigenvalue weighted by molar-refractivity contribution is -0.106. The summed E-state index contributed by atoms with van der Waals surface area (Å²) in [6, 6.07) is 9.06. The monoisotopic (exact) mass is 401 g/mol. The summed E-state index contributed by atoms with van der Waals surface area (Å²) in [6.45, 7) is 5.86. The molecular weight excluding hydrogens is 374 g/mol. The second kappa shape index (κ2) is 9.04. The Hall–Kier alpha value is -2.26. The van der Waals surface area contributed by atoms with Gasteiger partial charge in [-0.1, -0.05) is 35.5 Å². The molecule has 1 amide bonds. The third-order valence-corrected chi connectivity index (χ3v) is 5.55. The van der Waals surface area contributed by atoms with Crippen LogP contribution in [0.4, 0.5) is 0 Å². The van der Waals surface area contributed by atoms with Crippen molar-refractivity contribution in [2.24, 2.45) is 0 Å². The Labute approximate surface area is 169 Å². The van der Waals surface area contributed by atoms with Crippen LogP contribution < -0.4 is 5.32 Å². The van der Waals surface area contributed by atoms with Crippen LogP contribution in [0.5, 0.6) is 0 Å². The van der Waals surface area contributed by atoms with Crippen LogP contribution in [0.15, 0.2) is 34.9 Å². The van der Waals surface area contributed by atoms with Crippen LogP contribution in [0.3, 0.4) is 0 Å². The SMILES string of the molecule is Cc1onc(-c2ccccc2)c1C(=O)N[C@H]1CCO[C@H](CN2CCOCC2)[C@H]1O. The molecule has 8 heteroatoms. The topological polar surface area (TPSA) is 97.1 Å². The third-order valence-electron chi connectivity index (χ3n) is 5.55. The molecule has 0 aliphatic carbocycles. The van der Waals surface area contributed by atoms with E-state index in [0.29, 0.717) is 49.8 Å². The highest BCUT2D eigenvalue weighted by atomic mass is 16.5. The van der Waals surface area contributed by atoms with Gasteiger partial charge >= 0.3 is 0 Å². The summed E-state index contributed by atoms with van der Waals surface area (Å²) in [7, 11) is 0. The molecule has 2 fully saturated rings. The highest BCUT2D eigenvalue weighted by Crippen LogP contribution is 2.26. The number of nitrogens with zero attached hydrogens (tertiary/aromatic N) is 2. The molecule has 8 nitrogen and oxygen atoms in total. The van der Waals surface area contributed by atoms with Gasteiger partial charge in [0.05, 0.1) is 25.4 Å². The molecule has 0 spiro atoms. The van der Waals surface area contributed by atoms with Crippen LogP contribution in [0.1, 0.15) is 22.5 Å². The molecule has 2 aliphatic heterocycles. The van der Waals surface area contributed by atoms with Gasteiger partial charge in [-0.05, 0) is 13.3 Å². The van der Waals surface area contributed by atoms with Crippen molar-refractivity contribution in [3.63, 3.8) is 0 Å². The third kappa shape index (κ3) is 4.51. The number of carbonyl (C=O) groups excluding carboxylic acids is 1. The summed E-state index contributed by atoms with van der Waals surface area (Å²) in [6.07, 6.45) is -0.572. The molecule has 0 saturated carbocycles. The fourth-order valence-corrected chi connectivity index (χ4v) is 3.90. The van der Waals surface area contributed by atoms with E-state index in [2.05, 4.69) is 15.4 Å². The predicted molar refractivity (Wildman–Crippen MR) is 106 cm³/mol. The van der Waals surface area contributed by atoms with Gasteiger partial charge < -0.3 is 24.4 Å². The van der Waals surface area contributed by atoms with Gasteiger partial charge in [0, 0.05) is 31.8 Å². The summed E-state index contributed by atoms with van der Waals surface area (Å²) in [4.78, 5) is 15.3.